The number of halogens is 1. The lowest BCUT2D eigenvalue weighted by Gasteiger charge is -2.15. The van der Waals surface area contributed by atoms with Gasteiger partial charge in [-0.25, -0.2) is 8.42 Å². The minimum Gasteiger partial charge on any atom is -0.495 e. The Morgan fingerprint density at radius 2 is 1.87 bits per heavy atom. The summed E-state index contributed by atoms with van der Waals surface area (Å²) in [4.78, 5) is 12.5. The molecule has 1 amide bonds. The van der Waals surface area contributed by atoms with Crippen molar-refractivity contribution >= 4 is 43.2 Å². The number of carbonyl (C=O) groups excluding carboxylic acids is 1. The van der Waals surface area contributed by atoms with Gasteiger partial charge in [0.2, 0.25) is 0 Å². The molecular formula is C20H20BrN3O5S. The normalized spacial score (nSPS) is 11.2. The largest absolute Gasteiger partial charge is 0.495 e. The number of aryl methyl sites for hydroxylation is 3. The quantitative estimate of drug-likeness (QED) is 0.525. The fourth-order valence-electron chi connectivity index (χ4n) is 2.88. The van der Waals surface area contributed by atoms with Crippen molar-refractivity contribution in [3.05, 3.63) is 63.5 Å². The first-order valence-electron chi connectivity index (χ1n) is 8.83. The Morgan fingerprint density at radius 1 is 1.13 bits per heavy atom. The van der Waals surface area contributed by atoms with Gasteiger partial charge >= 0.3 is 0 Å². The lowest BCUT2D eigenvalue weighted by Crippen LogP contribution is -2.17. The first-order valence-corrected chi connectivity index (χ1v) is 11.1. The molecule has 3 aromatic rings. The number of hydrogen-bond donors (Lipinski definition) is 2. The van der Waals surface area contributed by atoms with E-state index in [2.05, 4.69) is 31.1 Å². The molecule has 0 saturated heterocycles. The maximum atomic E-state index is 13.1. The number of anilines is 2. The van der Waals surface area contributed by atoms with E-state index in [1.807, 2.05) is 13.0 Å². The predicted octanol–water partition coefficient (Wildman–Crippen LogP) is 4.42. The molecule has 1 aromatic heterocycles. The molecule has 0 aliphatic carbocycles. The van der Waals surface area contributed by atoms with E-state index < -0.39 is 15.9 Å². The SMILES string of the molecule is COc1ccc(NC(=O)c2c(C)noc2C)cc1S(=O)(=O)Nc1cc(C)ccc1Br. The number of sulfonamides is 1. The lowest BCUT2D eigenvalue weighted by atomic mass is 10.2. The summed E-state index contributed by atoms with van der Waals surface area (Å²) in [6.07, 6.45) is 0. The van der Waals surface area contributed by atoms with Crippen molar-refractivity contribution in [3.63, 3.8) is 0 Å². The number of carbonyl (C=O) groups is 1. The maximum Gasteiger partial charge on any atom is 0.265 e. The molecule has 1 heterocycles. The van der Waals surface area contributed by atoms with Crippen molar-refractivity contribution in [2.45, 2.75) is 25.7 Å². The van der Waals surface area contributed by atoms with Crippen LogP contribution in [0.15, 0.2) is 50.3 Å². The Hall–Kier alpha value is -2.85. The van der Waals surface area contributed by atoms with Gasteiger partial charge < -0.3 is 14.6 Å². The van der Waals surface area contributed by atoms with Crippen molar-refractivity contribution in [3.8, 4) is 5.75 Å². The summed E-state index contributed by atoms with van der Waals surface area (Å²) in [6, 6.07) is 9.68. The Morgan fingerprint density at radius 3 is 2.50 bits per heavy atom. The van der Waals surface area contributed by atoms with E-state index in [0.29, 0.717) is 27.2 Å². The van der Waals surface area contributed by atoms with Gasteiger partial charge in [-0.1, -0.05) is 11.2 Å². The van der Waals surface area contributed by atoms with Gasteiger partial charge in [0.05, 0.1) is 18.5 Å². The monoisotopic (exact) mass is 493 g/mol. The second kappa shape index (κ2) is 8.49. The Balaban J connectivity index is 1.96. The van der Waals surface area contributed by atoms with Gasteiger partial charge in [0.25, 0.3) is 15.9 Å². The predicted molar refractivity (Wildman–Crippen MR) is 117 cm³/mol. The standard InChI is InChI=1S/C20H20BrN3O5S/c1-11-5-7-15(21)16(9-11)24-30(26,27)18-10-14(6-8-17(18)28-4)22-20(25)19-12(2)23-29-13(19)3/h5-10,24H,1-4H3,(H,22,25). The number of nitrogens with one attached hydrogen (secondary N) is 2. The molecule has 2 N–H and O–H groups in total. The second-order valence-electron chi connectivity index (χ2n) is 6.61. The minimum atomic E-state index is -4.01. The molecule has 10 heteroatoms. The highest BCUT2D eigenvalue weighted by atomic mass is 79.9. The molecule has 158 valence electrons. The van der Waals surface area contributed by atoms with Gasteiger partial charge in [0.1, 0.15) is 22.0 Å². The summed E-state index contributed by atoms with van der Waals surface area (Å²) in [5.41, 5.74) is 2.31. The van der Waals surface area contributed by atoms with Crippen LogP contribution in [-0.2, 0) is 10.0 Å². The second-order valence-corrected chi connectivity index (χ2v) is 9.11. The van der Waals surface area contributed by atoms with Crippen LogP contribution in [0.1, 0.15) is 27.4 Å². The van der Waals surface area contributed by atoms with Gasteiger partial charge in [0.15, 0.2) is 0 Å². The molecule has 0 radical (unpaired) electrons. The van der Waals surface area contributed by atoms with E-state index in [4.69, 9.17) is 9.26 Å². The van der Waals surface area contributed by atoms with E-state index in [0.717, 1.165) is 5.56 Å². The van der Waals surface area contributed by atoms with E-state index in [9.17, 15) is 13.2 Å². The number of nitrogens with zero attached hydrogens (tertiary/aromatic N) is 1. The van der Waals surface area contributed by atoms with Crippen molar-refractivity contribution in [2.75, 3.05) is 17.1 Å². The molecule has 0 atom stereocenters. The highest BCUT2D eigenvalue weighted by Gasteiger charge is 2.23. The number of methoxy groups -OCH3 is 1. The highest BCUT2D eigenvalue weighted by Crippen LogP contribution is 2.31. The van der Waals surface area contributed by atoms with Crippen molar-refractivity contribution in [1.29, 1.82) is 0 Å². The number of ether oxygens (including phenoxy) is 1. The Kier molecular flexibility index (Phi) is 6.18. The fraction of sp³-hybridized carbons (Fsp3) is 0.200. The van der Waals surface area contributed by atoms with Crippen LogP contribution < -0.4 is 14.8 Å². The lowest BCUT2D eigenvalue weighted by molar-refractivity contribution is 0.102. The smallest absolute Gasteiger partial charge is 0.265 e. The average Bonchev–Trinajstić information content (AvgIpc) is 3.02. The van der Waals surface area contributed by atoms with Gasteiger partial charge in [-0.05, 0) is 72.6 Å². The molecule has 30 heavy (non-hydrogen) atoms. The summed E-state index contributed by atoms with van der Waals surface area (Å²) < 4.78 is 39.5. The van der Waals surface area contributed by atoms with E-state index >= 15 is 0 Å². The van der Waals surface area contributed by atoms with E-state index in [-0.39, 0.29) is 16.3 Å². The van der Waals surface area contributed by atoms with Crippen LogP contribution in [0.4, 0.5) is 11.4 Å². The van der Waals surface area contributed by atoms with Gasteiger partial charge in [-0.2, -0.15) is 0 Å². The van der Waals surface area contributed by atoms with Crippen molar-refractivity contribution in [2.24, 2.45) is 0 Å². The summed E-state index contributed by atoms with van der Waals surface area (Å²) in [7, 11) is -2.64. The molecule has 0 aliphatic rings. The molecular weight excluding hydrogens is 474 g/mol. The molecule has 0 aliphatic heterocycles. The van der Waals surface area contributed by atoms with Crippen LogP contribution in [0.25, 0.3) is 0 Å². The van der Waals surface area contributed by atoms with Crippen LogP contribution >= 0.6 is 15.9 Å². The topological polar surface area (TPSA) is 111 Å². The van der Waals surface area contributed by atoms with Crippen molar-refractivity contribution < 1.29 is 22.5 Å². The van der Waals surface area contributed by atoms with Crippen LogP contribution in [0.3, 0.4) is 0 Å². The number of hydrogen-bond acceptors (Lipinski definition) is 6. The number of rotatable bonds is 6. The zero-order valence-corrected chi connectivity index (χ0v) is 19.1. The van der Waals surface area contributed by atoms with Crippen LogP contribution in [0.5, 0.6) is 5.75 Å². The van der Waals surface area contributed by atoms with Crippen molar-refractivity contribution in [1.82, 2.24) is 5.16 Å². The molecule has 0 fully saturated rings. The molecule has 3 rings (SSSR count). The van der Waals surface area contributed by atoms with Gasteiger partial charge in [-0.3, -0.25) is 9.52 Å². The first-order chi connectivity index (χ1) is 14.1. The molecule has 0 unspecified atom stereocenters. The van der Waals surface area contributed by atoms with Gasteiger partial charge in [0, 0.05) is 10.2 Å². The third-order valence-electron chi connectivity index (χ3n) is 4.34. The fourth-order valence-corrected chi connectivity index (χ4v) is 4.63. The van der Waals surface area contributed by atoms with Crippen LogP contribution in [0, 0.1) is 20.8 Å². The summed E-state index contributed by atoms with van der Waals surface area (Å²) in [5.74, 6) is 0.0630. The number of amides is 1. The minimum absolute atomic E-state index is 0.116. The third kappa shape index (κ3) is 4.49. The molecule has 8 nitrogen and oxygen atoms in total. The average molecular weight is 494 g/mol. The molecule has 0 spiro atoms. The van der Waals surface area contributed by atoms with Gasteiger partial charge in [-0.15, -0.1) is 0 Å². The van der Waals surface area contributed by atoms with E-state index in [1.54, 1.807) is 32.0 Å². The zero-order chi connectivity index (χ0) is 22.1. The Bertz CT molecular complexity index is 1200. The highest BCUT2D eigenvalue weighted by molar-refractivity contribution is 9.10. The summed E-state index contributed by atoms with van der Waals surface area (Å²) in [5, 5.41) is 6.44. The van der Waals surface area contributed by atoms with Crippen LogP contribution in [-0.4, -0.2) is 26.6 Å². The summed E-state index contributed by atoms with van der Waals surface area (Å²) in [6.45, 7) is 5.14. The maximum absolute atomic E-state index is 13.1. The van der Waals surface area contributed by atoms with Crippen LogP contribution in [0.2, 0.25) is 0 Å². The first kappa shape index (κ1) is 21.8. The molecule has 0 saturated carbocycles. The third-order valence-corrected chi connectivity index (χ3v) is 6.42. The van der Waals surface area contributed by atoms with E-state index in [1.165, 1.54) is 19.2 Å². The zero-order valence-electron chi connectivity index (χ0n) is 16.7. The summed E-state index contributed by atoms with van der Waals surface area (Å²) >= 11 is 3.34. The number of aromatic nitrogens is 1. The molecule has 2 aromatic carbocycles. The number of benzene rings is 2. The molecule has 0 bridgehead atoms. The Labute approximate surface area is 182 Å².